The molecule has 0 aliphatic carbocycles. The van der Waals surface area contributed by atoms with Crippen LogP contribution in [0.15, 0.2) is 11.8 Å². The monoisotopic (exact) mass is 266 g/mol. The largest absolute Gasteiger partial charge is 0.390 e. The Labute approximate surface area is 116 Å². The molecule has 5 heteroatoms. The molecule has 0 aliphatic rings. The van der Waals surface area contributed by atoms with Crippen LogP contribution in [0.5, 0.6) is 0 Å². The van der Waals surface area contributed by atoms with Gasteiger partial charge in [-0.25, -0.2) is 0 Å². The Kier molecular flexibility index (Phi) is 9.55. The van der Waals surface area contributed by atoms with Gasteiger partial charge in [0.25, 0.3) is 5.91 Å². The summed E-state index contributed by atoms with van der Waals surface area (Å²) < 4.78 is 0. The molecule has 0 aromatic heterocycles. The first-order valence-electron chi connectivity index (χ1n) is 6.91. The minimum Gasteiger partial charge on any atom is -0.390 e. The fraction of sp³-hybridized carbons (Fsp3) is 0.714. The van der Waals surface area contributed by atoms with Gasteiger partial charge in [0.05, 0.1) is 0 Å². The van der Waals surface area contributed by atoms with Crippen LogP contribution in [-0.4, -0.2) is 43.0 Å². The highest BCUT2D eigenvalue weighted by Gasteiger charge is 2.09. The van der Waals surface area contributed by atoms with Gasteiger partial charge < -0.3 is 15.5 Å². The summed E-state index contributed by atoms with van der Waals surface area (Å²) in [4.78, 5) is 13.9. The number of nitrogens with zero attached hydrogens (tertiary/aromatic N) is 2. The van der Waals surface area contributed by atoms with Gasteiger partial charge >= 0.3 is 0 Å². The molecule has 0 saturated carbocycles. The average molecular weight is 266 g/mol. The maximum atomic E-state index is 11.6. The Balaban J connectivity index is 4.02. The minimum absolute atomic E-state index is 0.0342. The second-order valence-electron chi connectivity index (χ2n) is 4.63. The van der Waals surface area contributed by atoms with E-state index >= 15 is 0 Å². The lowest BCUT2D eigenvalue weighted by Gasteiger charge is -2.17. The maximum Gasteiger partial charge on any atom is 0.263 e. The van der Waals surface area contributed by atoms with E-state index in [1.54, 1.807) is 0 Å². The van der Waals surface area contributed by atoms with Crippen molar-refractivity contribution >= 4 is 5.91 Å². The highest BCUT2D eigenvalue weighted by atomic mass is 16.1. The van der Waals surface area contributed by atoms with Gasteiger partial charge in [-0.1, -0.05) is 13.8 Å². The molecule has 0 saturated heterocycles. The maximum absolute atomic E-state index is 11.6. The summed E-state index contributed by atoms with van der Waals surface area (Å²) in [5, 5.41) is 14.6. The summed E-state index contributed by atoms with van der Waals surface area (Å²) in [6.07, 6.45) is 2.49. The third-order valence-corrected chi connectivity index (χ3v) is 2.72. The molecule has 0 aliphatic heterocycles. The van der Waals surface area contributed by atoms with Gasteiger partial charge in [-0.3, -0.25) is 4.79 Å². The van der Waals surface area contributed by atoms with Crippen LogP contribution >= 0.6 is 0 Å². The van der Waals surface area contributed by atoms with Crippen LogP contribution < -0.4 is 10.6 Å². The van der Waals surface area contributed by atoms with Crippen LogP contribution in [0.4, 0.5) is 0 Å². The SMILES string of the molecule is CCN(CC)CCCN/C=C(/C#N)C(=O)NC(C)C. The molecule has 0 heterocycles. The van der Waals surface area contributed by atoms with E-state index in [2.05, 4.69) is 29.4 Å². The summed E-state index contributed by atoms with van der Waals surface area (Å²) in [6, 6.07) is 1.94. The third-order valence-electron chi connectivity index (χ3n) is 2.72. The predicted octanol–water partition coefficient (Wildman–Crippen LogP) is 1.24. The first kappa shape index (κ1) is 17.5. The molecule has 0 aromatic rings. The number of carbonyl (C=O) groups excluding carboxylic acids is 1. The molecule has 2 N–H and O–H groups in total. The number of amides is 1. The normalized spacial score (nSPS) is 11.5. The number of nitriles is 1. The van der Waals surface area contributed by atoms with E-state index in [9.17, 15) is 4.79 Å². The van der Waals surface area contributed by atoms with Crippen molar-refractivity contribution in [1.82, 2.24) is 15.5 Å². The Morgan fingerprint density at radius 1 is 1.37 bits per heavy atom. The smallest absolute Gasteiger partial charge is 0.263 e. The van der Waals surface area contributed by atoms with Gasteiger partial charge in [0.15, 0.2) is 0 Å². The number of rotatable bonds is 9. The molecule has 0 unspecified atom stereocenters. The summed E-state index contributed by atoms with van der Waals surface area (Å²) >= 11 is 0. The lowest BCUT2D eigenvalue weighted by atomic mass is 10.2. The number of nitrogens with one attached hydrogen (secondary N) is 2. The molecule has 0 aromatic carbocycles. The molecule has 0 bridgehead atoms. The van der Waals surface area contributed by atoms with Crippen LogP contribution in [-0.2, 0) is 4.79 Å². The fourth-order valence-corrected chi connectivity index (χ4v) is 1.61. The average Bonchev–Trinajstić information content (AvgIpc) is 2.37. The van der Waals surface area contributed by atoms with E-state index in [0.29, 0.717) is 0 Å². The molecule has 0 rings (SSSR count). The lowest BCUT2D eigenvalue weighted by Crippen LogP contribution is -2.32. The molecule has 19 heavy (non-hydrogen) atoms. The van der Waals surface area contributed by atoms with E-state index in [0.717, 1.165) is 32.6 Å². The van der Waals surface area contributed by atoms with E-state index < -0.39 is 0 Å². The van der Waals surface area contributed by atoms with Crippen molar-refractivity contribution in [2.75, 3.05) is 26.2 Å². The van der Waals surface area contributed by atoms with Crippen molar-refractivity contribution < 1.29 is 4.79 Å². The molecule has 0 atom stereocenters. The number of hydrogen-bond acceptors (Lipinski definition) is 4. The van der Waals surface area contributed by atoms with E-state index in [-0.39, 0.29) is 17.5 Å². The Morgan fingerprint density at radius 3 is 2.47 bits per heavy atom. The second kappa shape index (κ2) is 10.4. The fourth-order valence-electron chi connectivity index (χ4n) is 1.61. The van der Waals surface area contributed by atoms with Crippen LogP contribution in [0, 0.1) is 11.3 Å². The first-order valence-corrected chi connectivity index (χ1v) is 6.91. The Morgan fingerprint density at radius 2 is 2.00 bits per heavy atom. The standard InChI is InChI=1S/C14H26N4O/c1-5-18(6-2)9-7-8-16-11-13(10-15)14(19)17-12(3)4/h11-12,16H,5-9H2,1-4H3,(H,17,19)/b13-11-. The molecule has 0 radical (unpaired) electrons. The highest BCUT2D eigenvalue weighted by Crippen LogP contribution is 1.93. The van der Waals surface area contributed by atoms with Gasteiger partial charge in [-0.15, -0.1) is 0 Å². The third kappa shape index (κ3) is 8.22. The molecule has 108 valence electrons. The second-order valence-corrected chi connectivity index (χ2v) is 4.63. The van der Waals surface area contributed by atoms with Crippen LogP contribution in [0.1, 0.15) is 34.1 Å². The summed E-state index contributed by atoms with van der Waals surface area (Å²) in [5.74, 6) is -0.325. The minimum atomic E-state index is -0.325. The molecular formula is C14H26N4O. The zero-order valence-corrected chi connectivity index (χ0v) is 12.5. The van der Waals surface area contributed by atoms with Gasteiger partial charge in [0.2, 0.25) is 0 Å². The summed E-state index contributed by atoms with van der Waals surface area (Å²) in [5.41, 5.74) is 0.122. The van der Waals surface area contributed by atoms with E-state index in [4.69, 9.17) is 5.26 Å². The zero-order valence-electron chi connectivity index (χ0n) is 12.5. The Bertz CT molecular complexity index is 327. The van der Waals surface area contributed by atoms with E-state index in [1.165, 1.54) is 6.20 Å². The van der Waals surface area contributed by atoms with Crippen LogP contribution in [0.2, 0.25) is 0 Å². The van der Waals surface area contributed by atoms with Crippen molar-refractivity contribution in [2.24, 2.45) is 0 Å². The van der Waals surface area contributed by atoms with Crippen molar-refractivity contribution in [3.05, 3.63) is 11.8 Å². The van der Waals surface area contributed by atoms with Gasteiger partial charge in [-0.2, -0.15) is 5.26 Å². The summed E-state index contributed by atoms with van der Waals surface area (Å²) in [7, 11) is 0. The van der Waals surface area contributed by atoms with Crippen molar-refractivity contribution in [2.45, 2.75) is 40.2 Å². The Hall–Kier alpha value is -1.54. The molecule has 0 spiro atoms. The highest BCUT2D eigenvalue weighted by molar-refractivity contribution is 5.97. The van der Waals surface area contributed by atoms with Gasteiger partial charge in [0.1, 0.15) is 11.6 Å². The van der Waals surface area contributed by atoms with Crippen molar-refractivity contribution in [3.63, 3.8) is 0 Å². The quantitative estimate of drug-likeness (QED) is 0.374. The first-order chi connectivity index (χ1) is 9.04. The molecule has 0 fully saturated rings. The topological polar surface area (TPSA) is 68.2 Å². The number of hydrogen-bond donors (Lipinski definition) is 2. The molecule has 1 amide bonds. The lowest BCUT2D eigenvalue weighted by molar-refractivity contribution is -0.117. The number of carbonyl (C=O) groups is 1. The van der Waals surface area contributed by atoms with Gasteiger partial charge in [-0.05, 0) is 39.9 Å². The van der Waals surface area contributed by atoms with Crippen molar-refractivity contribution in [3.8, 4) is 6.07 Å². The summed E-state index contributed by atoms with van der Waals surface area (Å²) in [6.45, 7) is 11.9. The zero-order chi connectivity index (χ0) is 14.7. The van der Waals surface area contributed by atoms with E-state index in [1.807, 2.05) is 19.9 Å². The van der Waals surface area contributed by atoms with Gasteiger partial charge in [0, 0.05) is 18.8 Å². The molecule has 5 nitrogen and oxygen atoms in total. The van der Waals surface area contributed by atoms with Crippen LogP contribution in [0.25, 0.3) is 0 Å². The predicted molar refractivity (Wildman–Crippen MR) is 77.4 cm³/mol. The van der Waals surface area contributed by atoms with Crippen LogP contribution in [0.3, 0.4) is 0 Å². The molecular weight excluding hydrogens is 240 g/mol. The van der Waals surface area contributed by atoms with Crippen molar-refractivity contribution in [1.29, 1.82) is 5.26 Å².